The molecule has 3 rings (SSSR count). The SMILES string of the molecule is CN1C(=O)CCc2cc(C(O)c3ccsc3)ccc21. The summed E-state index contributed by atoms with van der Waals surface area (Å²) in [6.45, 7) is 0. The number of hydrogen-bond acceptors (Lipinski definition) is 3. The number of aryl methyl sites for hydroxylation is 1. The van der Waals surface area contributed by atoms with Gasteiger partial charge in [-0.25, -0.2) is 0 Å². The zero-order valence-corrected chi connectivity index (χ0v) is 11.5. The van der Waals surface area contributed by atoms with Gasteiger partial charge >= 0.3 is 0 Å². The van der Waals surface area contributed by atoms with Crippen molar-refractivity contribution in [2.24, 2.45) is 0 Å². The molecule has 4 heteroatoms. The van der Waals surface area contributed by atoms with Crippen LogP contribution in [0.1, 0.15) is 29.2 Å². The lowest BCUT2D eigenvalue weighted by Crippen LogP contribution is -2.31. The Labute approximate surface area is 116 Å². The second kappa shape index (κ2) is 4.79. The maximum Gasteiger partial charge on any atom is 0.227 e. The van der Waals surface area contributed by atoms with Gasteiger partial charge in [0.05, 0.1) is 0 Å². The van der Waals surface area contributed by atoms with E-state index in [2.05, 4.69) is 0 Å². The molecule has 19 heavy (non-hydrogen) atoms. The summed E-state index contributed by atoms with van der Waals surface area (Å²) in [4.78, 5) is 13.3. The molecule has 1 aromatic carbocycles. The molecule has 1 amide bonds. The zero-order chi connectivity index (χ0) is 13.4. The van der Waals surface area contributed by atoms with Crippen LogP contribution in [0.2, 0.25) is 0 Å². The van der Waals surface area contributed by atoms with E-state index in [4.69, 9.17) is 0 Å². The van der Waals surface area contributed by atoms with Crippen molar-refractivity contribution in [3.63, 3.8) is 0 Å². The fourth-order valence-electron chi connectivity index (χ4n) is 2.47. The van der Waals surface area contributed by atoms with Gasteiger partial charge in [0.2, 0.25) is 5.91 Å². The van der Waals surface area contributed by atoms with Crippen molar-refractivity contribution in [1.82, 2.24) is 0 Å². The van der Waals surface area contributed by atoms with Crippen LogP contribution < -0.4 is 4.90 Å². The van der Waals surface area contributed by atoms with E-state index in [9.17, 15) is 9.90 Å². The minimum Gasteiger partial charge on any atom is -0.384 e. The van der Waals surface area contributed by atoms with Gasteiger partial charge in [0.15, 0.2) is 0 Å². The maximum atomic E-state index is 11.6. The second-order valence-electron chi connectivity index (χ2n) is 4.80. The Kier molecular flexibility index (Phi) is 3.12. The first-order valence-electron chi connectivity index (χ1n) is 6.26. The number of nitrogens with zero attached hydrogens (tertiary/aromatic N) is 1. The number of aliphatic hydroxyl groups excluding tert-OH is 1. The van der Waals surface area contributed by atoms with E-state index in [0.717, 1.165) is 28.8 Å². The Hall–Kier alpha value is -1.65. The average Bonchev–Trinajstić information content (AvgIpc) is 2.96. The van der Waals surface area contributed by atoms with Crippen LogP contribution in [0.25, 0.3) is 0 Å². The molecule has 0 saturated heterocycles. The Morgan fingerprint density at radius 3 is 2.84 bits per heavy atom. The lowest BCUT2D eigenvalue weighted by Gasteiger charge is -2.26. The number of anilines is 1. The number of aliphatic hydroxyl groups is 1. The molecule has 0 fully saturated rings. The summed E-state index contributed by atoms with van der Waals surface area (Å²) in [6.07, 6.45) is 0.712. The highest BCUT2D eigenvalue weighted by molar-refractivity contribution is 7.07. The number of carbonyl (C=O) groups excluding carboxylic acids is 1. The summed E-state index contributed by atoms with van der Waals surface area (Å²) in [5.41, 5.74) is 3.90. The normalized spacial score (nSPS) is 16.3. The standard InChI is InChI=1S/C15H15NO2S/c1-16-13-4-2-11(8-10(13)3-5-14(16)17)15(18)12-6-7-19-9-12/h2,4,6-9,15,18H,3,5H2,1H3. The highest BCUT2D eigenvalue weighted by atomic mass is 32.1. The van der Waals surface area contributed by atoms with Crippen LogP contribution in [-0.2, 0) is 11.2 Å². The van der Waals surface area contributed by atoms with Gasteiger partial charge in [-0.3, -0.25) is 4.79 Å². The fourth-order valence-corrected chi connectivity index (χ4v) is 3.15. The first-order chi connectivity index (χ1) is 9.16. The van der Waals surface area contributed by atoms with Gasteiger partial charge in [0, 0.05) is 19.2 Å². The lowest BCUT2D eigenvalue weighted by atomic mass is 9.95. The molecule has 1 aromatic heterocycles. The van der Waals surface area contributed by atoms with E-state index in [1.165, 1.54) is 0 Å². The number of fused-ring (bicyclic) bond motifs is 1. The summed E-state index contributed by atoms with van der Waals surface area (Å²) < 4.78 is 0. The van der Waals surface area contributed by atoms with Crippen molar-refractivity contribution >= 4 is 22.9 Å². The second-order valence-corrected chi connectivity index (χ2v) is 5.58. The van der Waals surface area contributed by atoms with E-state index in [0.29, 0.717) is 6.42 Å². The maximum absolute atomic E-state index is 11.6. The summed E-state index contributed by atoms with van der Waals surface area (Å²) >= 11 is 1.58. The number of amides is 1. The topological polar surface area (TPSA) is 40.5 Å². The quantitative estimate of drug-likeness (QED) is 0.914. The van der Waals surface area contributed by atoms with E-state index < -0.39 is 6.10 Å². The fraction of sp³-hybridized carbons (Fsp3) is 0.267. The first-order valence-corrected chi connectivity index (χ1v) is 7.20. The molecule has 1 aliphatic heterocycles. The van der Waals surface area contributed by atoms with E-state index >= 15 is 0 Å². The molecule has 2 heterocycles. The minimum atomic E-state index is -0.584. The van der Waals surface area contributed by atoms with E-state index in [1.54, 1.807) is 23.3 Å². The summed E-state index contributed by atoms with van der Waals surface area (Å²) in [5, 5.41) is 14.2. The minimum absolute atomic E-state index is 0.152. The number of benzene rings is 1. The Morgan fingerprint density at radius 1 is 1.26 bits per heavy atom. The molecule has 3 nitrogen and oxygen atoms in total. The van der Waals surface area contributed by atoms with Gasteiger partial charge < -0.3 is 10.0 Å². The molecule has 2 aromatic rings. The Bertz CT molecular complexity index is 607. The van der Waals surface area contributed by atoms with Crippen LogP contribution in [0, 0.1) is 0 Å². The van der Waals surface area contributed by atoms with Gasteiger partial charge in [0.1, 0.15) is 6.10 Å². The van der Waals surface area contributed by atoms with Crippen LogP contribution in [0.15, 0.2) is 35.0 Å². The van der Waals surface area contributed by atoms with Crippen molar-refractivity contribution in [3.8, 4) is 0 Å². The van der Waals surface area contributed by atoms with Crippen LogP contribution >= 0.6 is 11.3 Å². The van der Waals surface area contributed by atoms with Crippen LogP contribution in [0.3, 0.4) is 0 Å². The molecule has 0 bridgehead atoms. The van der Waals surface area contributed by atoms with Crippen molar-refractivity contribution in [2.75, 3.05) is 11.9 Å². The van der Waals surface area contributed by atoms with Crippen LogP contribution in [0.4, 0.5) is 5.69 Å². The van der Waals surface area contributed by atoms with Crippen molar-refractivity contribution in [3.05, 3.63) is 51.7 Å². The molecule has 0 saturated carbocycles. The molecule has 98 valence electrons. The highest BCUT2D eigenvalue weighted by Crippen LogP contribution is 2.31. The van der Waals surface area contributed by atoms with Crippen molar-refractivity contribution < 1.29 is 9.90 Å². The highest BCUT2D eigenvalue weighted by Gasteiger charge is 2.22. The van der Waals surface area contributed by atoms with Crippen LogP contribution in [-0.4, -0.2) is 18.1 Å². The van der Waals surface area contributed by atoms with Crippen LogP contribution in [0.5, 0.6) is 0 Å². The summed E-state index contributed by atoms with van der Waals surface area (Å²) in [6, 6.07) is 7.78. The molecule has 1 unspecified atom stereocenters. The molecular formula is C15H15NO2S. The molecule has 0 radical (unpaired) electrons. The predicted octanol–water partition coefficient (Wildman–Crippen LogP) is 2.74. The Morgan fingerprint density at radius 2 is 2.11 bits per heavy atom. The number of rotatable bonds is 2. The molecule has 0 spiro atoms. The molecule has 1 atom stereocenters. The lowest BCUT2D eigenvalue weighted by molar-refractivity contribution is -0.118. The third-order valence-corrected chi connectivity index (χ3v) is 4.32. The average molecular weight is 273 g/mol. The summed E-state index contributed by atoms with van der Waals surface area (Å²) in [7, 11) is 1.80. The van der Waals surface area contributed by atoms with E-state index in [-0.39, 0.29) is 5.91 Å². The molecular weight excluding hydrogens is 258 g/mol. The number of hydrogen-bond donors (Lipinski definition) is 1. The smallest absolute Gasteiger partial charge is 0.227 e. The largest absolute Gasteiger partial charge is 0.384 e. The van der Waals surface area contributed by atoms with Gasteiger partial charge in [-0.1, -0.05) is 12.1 Å². The Balaban J connectivity index is 1.96. The van der Waals surface area contributed by atoms with Crippen molar-refractivity contribution in [1.29, 1.82) is 0 Å². The molecule has 0 aliphatic carbocycles. The van der Waals surface area contributed by atoms with Gasteiger partial charge in [0.25, 0.3) is 0 Å². The number of thiophene rings is 1. The predicted molar refractivity (Wildman–Crippen MR) is 76.6 cm³/mol. The van der Waals surface area contributed by atoms with Gasteiger partial charge in [-0.15, -0.1) is 0 Å². The van der Waals surface area contributed by atoms with Gasteiger partial charge in [-0.2, -0.15) is 11.3 Å². The monoisotopic (exact) mass is 273 g/mol. The summed E-state index contributed by atoms with van der Waals surface area (Å²) in [5.74, 6) is 0.152. The number of carbonyl (C=O) groups is 1. The van der Waals surface area contributed by atoms with Crippen molar-refractivity contribution in [2.45, 2.75) is 18.9 Å². The zero-order valence-electron chi connectivity index (χ0n) is 10.7. The molecule has 1 aliphatic rings. The molecule has 1 N–H and O–H groups in total. The van der Waals surface area contributed by atoms with Gasteiger partial charge in [-0.05, 0) is 46.0 Å². The van der Waals surface area contributed by atoms with E-state index in [1.807, 2.05) is 35.0 Å². The third-order valence-electron chi connectivity index (χ3n) is 3.62. The first kappa shape index (κ1) is 12.4. The third kappa shape index (κ3) is 2.17.